The van der Waals surface area contributed by atoms with Crippen LogP contribution in [0, 0.1) is 11.8 Å². The zero-order valence-corrected chi connectivity index (χ0v) is 11.0. The molecule has 0 aromatic rings. The number of likely N-dealkylation sites (tertiary alicyclic amines) is 1. The molecule has 0 spiro atoms. The van der Waals surface area contributed by atoms with Crippen molar-refractivity contribution >= 4 is 5.91 Å². The summed E-state index contributed by atoms with van der Waals surface area (Å²) in [6, 6.07) is 0. The van der Waals surface area contributed by atoms with E-state index in [1.165, 1.54) is 25.7 Å². The first-order valence-corrected chi connectivity index (χ1v) is 7.09. The number of ether oxygens (including phenoxy) is 1. The monoisotopic (exact) mass is 239 g/mol. The number of methoxy groups -OCH3 is 1. The highest BCUT2D eigenvalue weighted by Crippen LogP contribution is 2.27. The van der Waals surface area contributed by atoms with Crippen molar-refractivity contribution in [3.05, 3.63) is 0 Å². The van der Waals surface area contributed by atoms with Crippen molar-refractivity contribution in [3.8, 4) is 0 Å². The van der Waals surface area contributed by atoms with Gasteiger partial charge in [-0.15, -0.1) is 0 Å². The van der Waals surface area contributed by atoms with Gasteiger partial charge in [0, 0.05) is 32.0 Å². The lowest BCUT2D eigenvalue weighted by Crippen LogP contribution is -2.34. The molecule has 0 N–H and O–H groups in total. The molecule has 98 valence electrons. The molecule has 0 bridgehead atoms. The second kappa shape index (κ2) is 6.39. The number of rotatable bonds is 3. The Bertz CT molecular complexity index is 247. The van der Waals surface area contributed by atoms with Crippen LogP contribution in [0.2, 0.25) is 0 Å². The highest BCUT2D eigenvalue weighted by molar-refractivity contribution is 5.79. The second-order valence-electron chi connectivity index (χ2n) is 5.58. The van der Waals surface area contributed by atoms with E-state index >= 15 is 0 Å². The van der Waals surface area contributed by atoms with Gasteiger partial charge in [-0.05, 0) is 19.3 Å². The number of hydrogen-bond donors (Lipinski definition) is 0. The van der Waals surface area contributed by atoms with Crippen molar-refractivity contribution in [1.29, 1.82) is 0 Å². The van der Waals surface area contributed by atoms with Gasteiger partial charge >= 0.3 is 0 Å². The first kappa shape index (κ1) is 12.9. The van der Waals surface area contributed by atoms with Gasteiger partial charge in [-0.25, -0.2) is 0 Å². The molecule has 0 aromatic carbocycles. The maximum atomic E-state index is 12.4. The molecule has 1 aliphatic heterocycles. The highest BCUT2D eigenvalue weighted by Gasteiger charge is 2.30. The van der Waals surface area contributed by atoms with E-state index in [2.05, 4.69) is 4.90 Å². The summed E-state index contributed by atoms with van der Waals surface area (Å²) in [6.45, 7) is 2.67. The fourth-order valence-corrected chi connectivity index (χ4v) is 3.19. The van der Waals surface area contributed by atoms with Gasteiger partial charge < -0.3 is 9.64 Å². The van der Waals surface area contributed by atoms with Crippen LogP contribution >= 0.6 is 0 Å². The summed E-state index contributed by atoms with van der Waals surface area (Å²) in [7, 11) is 1.75. The van der Waals surface area contributed by atoms with E-state index in [4.69, 9.17) is 4.74 Å². The number of amides is 1. The number of hydrogen-bond acceptors (Lipinski definition) is 2. The zero-order valence-electron chi connectivity index (χ0n) is 11.0. The summed E-state index contributed by atoms with van der Waals surface area (Å²) in [5.41, 5.74) is 0. The van der Waals surface area contributed by atoms with Gasteiger partial charge in [-0.3, -0.25) is 4.79 Å². The first-order valence-electron chi connectivity index (χ1n) is 7.09. The Morgan fingerprint density at radius 1 is 1.18 bits per heavy atom. The molecular weight excluding hydrogens is 214 g/mol. The van der Waals surface area contributed by atoms with Gasteiger partial charge in [0.25, 0.3) is 0 Å². The van der Waals surface area contributed by atoms with Crippen molar-refractivity contribution in [2.75, 3.05) is 26.8 Å². The summed E-state index contributed by atoms with van der Waals surface area (Å²) in [5, 5.41) is 0. The van der Waals surface area contributed by atoms with Crippen molar-refractivity contribution in [1.82, 2.24) is 4.90 Å². The molecule has 0 unspecified atom stereocenters. The predicted octanol–water partition coefficient (Wildman–Crippen LogP) is 2.45. The van der Waals surface area contributed by atoms with E-state index in [1.54, 1.807) is 7.11 Å². The van der Waals surface area contributed by atoms with Crippen LogP contribution in [0.15, 0.2) is 0 Å². The summed E-state index contributed by atoms with van der Waals surface area (Å²) >= 11 is 0. The molecule has 0 radical (unpaired) electrons. The molecule has 2 aliphatic rings. The van der Waals surface area contributed by atoms with Crippen LogP contribution in [0.4, 0.5) is 0 Å². The largest absolute Gasteiger partial charge is 0.384 e. The summed E-state index contributed by atoms with van der Waals surface area (Å²) in [5.74, 6) is 1.30. The van der Waals surface area contributed by atoms with E-state index in [1.807, 2.05) is 0 Å². The molecule has 1 aliphatic carbocycles. The molecule has 1 saturated heterocycles. The van der Waals surface area contributed by atoms with Crippen LogP contribution in [0.25, 0.3) is 0 Å². The van der Waals surface area contributed by atoms with E-state index in [0.29, 0.717) is 17.7 Å². The maximum absolute atomic E-state index is 12.4. The van der Waals surface area contributed by atoms with Crippen molar-refractivity contribution in [3.63, 3.8) is 0 Å². The van der Waals surface area contributed by atoms with Crippen molar-refractivity contribution in [2.45, 2.75) is 44.9 Å². The lowest BCUT2D eigenvalue weighted by atomic mass is 9.99. The fraction of sp³-hybridized carbons (Fsp3) is 0.929. The summed E-state index contributed by atoms with van der Waals surface area (Å²) in [4.78, 5) is 14.5. The van der Waals surface area contributed by atoms with Gasteiger partial charge in [0.05, 0.1) is 6.61 Å². The zero-order chi connectivity index (χ0) is 12.1. The van der Waals surface area contributed by atoms with E-state index in [-0.39, 0.29) is 0 Å². The molecule has 1 atom stereocenters. The Balaban J connectivity index is 1.83. The smallest absolute Gasteiger partial charge is 0.225 e. The molecule has 1 amide bonds. The molecule has 0 aromatic heterocycles. The van der Waals surface area contributed by atoms with Crippen LogP contribution < -0.4 is 0 Å². The van der Waals surface area contributed by atoms with E-state index in [0.717, 1.165) is 39.0 Å². The van der Waals surface area contributed by atoms with Crippen molar-refractivity contribution < 1.29 is 9.53 Å². The normalized spacial score (nSPS) is 27.1. The van der Waals surface area contributed by atoms with Gasteiger partial charge in [0.2, 0.25) is 5.91 Å². The Labute approximate surface area is 105 Å². The Morgan fingerprint density at radius 2 is 1.88 bits per heavy atom. The fourth-order valence-electron chi connectivity index (χ4n) is 3.19. The Hall–Kier alpha value is -0.570. The van der Waals surface area contributed by atoms with Gasteiger partial charge in [-0.1, -0.05) is 25.7 Å². The lowest BCUT2D eigenvalue weighted by molar-refractivity contribution is -0.135. The Kier molecular flexibility index (Phi) is 4.84. The van der Waals surface area contributed by atoms with Crippen molar-refractivity contribution in [2.24, 2.45) is 11.8 Å². The molecule has 17 heavy (non-hydrogen) atoms. The standard InChI is InChI=1S/C14H25NO2/c1-17-11-12-8-9-15(10-12)14(16)13-6-4-2-3-5-7-13/h12-13H,2-11H2,1H3/t12-/m1/s1. The second-order valence-corrected chi connectivity index (χ2v) is 5.58. The molecule has 2 fully saturated rings. The Morgan fingerprint density at radius 3 is 2.53 bits per heavy atom. The summed E-state index contributed by atoms with van der Waals surface area (Å²) < 4.78 is 5.18. The molecule has 1 heterocycles. The maximum Gasteiger partial charge on any atom is 0.225 e. The van der Waals surface area contributed by atoms with Crippen LogP contribution in [-0.2, 0) is 9.53 Å². The topological polar surface area (TPSA) is 29.5 Å². The average molecular weight is 239 g/mol. The molecule has 3 nitrogen and oxygen atoms in total. The third-order valence-electron chi connectivity index (χ3n) is 4.20. The van der Waals surface area contributed by atoms with Gasteiger partial charge in [0.15, 0.2) is 0 Å². The minimum absolute atomic E-state index is 0.318. The molecule has 2 rings (SSSR count). The van der Waals surface area contributed by atoms with Gasteiger partial charge in [0.1, 0.15) is 0 Å². The van der Waals surface area contributed by atoms with Crippen LogP contribution in [0.5, 0.6) is 0 Å². The third-order valence-corrected chi connectivity index (χ3v) is 4.20. The summed E-state index contributed by atoms with van der Waals surface area (Å²) in [6.07, 6.45) is 8.46. The van der Waals surface area contributed by atoms with E-state index < -0.39 is 0 Å². The lowest BCUT2D eigenvalue weighted by Gasteiger charge is -2.22. The van der Waals surface area contributed by atoms with E-state index in [9.17, 15) is 4.79 Å². The SMILES string of the molecule is COC[C@@H]1CCN(C(=O)C2CCCCCC2)C1. The number of carbonyl (C=O) groups excluding carboxylic acids is 1. The number of carbonyl (C=O) groups is 1. The average Bonchev–Trinajstić information content (AvgIpc) is 2.64. The minimum Gasteiger partial charge on any atom is -0.384 e. The van der Waals surface area contributed by atoms with Crippen LogP contribution in [-0.4, -0.2) is 37.6 Å². The first-order chi connectivity index (χ1) is 8.31. The molecule has 1 saturated carbocycles. The van der Waals surface area contributed by atoms with Gasteiger partial charge in [-0.2, -0.15) is 0 Å². The predicted molar refractivity (Wildman–Crippen MR) is 67.8 cm³/mol. The quantitative estimate of drug-likeness (QED) is 0.708. The molecule has 3 heteroatoms. The third kappa shape index (κ3) is 3.44. The number of nitrogens with zero attached hydrogens (tertiary/aromatic N) is 1. The molecular formula is C14H25NO2. The minimum atomic E-state index is 0.318. The van der Waals surface area contributed by atoms with Crippen LogP contribution in [0.1, 0.15) is 44.9 Å². The highest BCUT2D eigenvalue weighted by atomic mass is 16.5. The van der Waals surface area contributed by atoms with Crippen LogP contribution in [0.3, 0.4) is 0 Å².